The van der Waals surface area contributed by atoms with E-state index in [1.54, 1.807) is 6.92 Å². The van der Waals surface area contributed by atoms with E-state index in [4.69, 9.17) is 4.52 Å². The molecule has 5 heteroatoms. The quantitative estimate of drug-likeness (QED) is 0.638. The molecule has 1 aliphatic rings. The zero-order valence-electron chi connectivity index (χ0n) is 6.70. The highest BCUT2D eigenvalue weighted by atomic mass is 16.5. The van der Waals surface area contributed by atoms with Gasteiger partial charge in [-0.2, -0.15) is 4.98 Å². The lowest BCUT2D eigenvalue weighted by Crippen LogP contribution is -2.13. The van der Waals surface area contributed by atoms with Gasteiger partial charge in [-0.05, 0) is 6.92 Å². The van der Waals surface area contributed by atoms with Crippen molar-refractivity contribution in [3.8, 4) is 0 Å². The monoisotopic (exact) mass is 167 g/mol. The third kappa shape index (κ3) is 1.17. The lowest BCUT2D eigenvalue weighted by Gasteiger charge is -1.96. The highest BCUT2D eigenvalue weighted by Crippen LogP contribution is 2.20. The number of hydrogen-bond donors (Lipinski definition) is 1. The molecule has 12 heavy (non-hydrogen) atoms. The number of aryl methyl sites for hydroxylation is 1. The Kier molecular flexibility index (Phi) is 1.56. The van der Waals surface area contributed by atoms with Gasteiger partial charge in [0.2, 0.25) is 11.8 Å². The Morgan fingerprint density at radius 1 is 1.67 bits per heavy atom. The minimum absolute atomic E-state index is 0.0517. The normalized spacial score (nSPS) is 22.8. The van der Waals surface area contributed by atoms with E-state index in [-0.39, 0.29) is 11.8 Å². The van der Waals surface area contributed by atoms with Gasteiger partial charge in [-0.25, -0.2) is 0 Å². The van der Waals surface area contributed by atoms with Crippen LogP contribution in [0.5, 0.6) is 0 Å². The van der Waals surface area contributed by atoms with Crippen LogP contribution in [0.4, 0.5) is 0 Å². The van der Waals surface area contributed by atoms with Crippen LogP contribution in [0.3, 0.4) is 0 Å². The lowest BCUT2D eigenvalue weighted by atomic mass is 10.1. The summed E-state index contributed by atoms with van der Waals surface area (Å²) in [4.78, 5) is 14.9. The van der Waals surface area contributed by atoms with Crippen molar-refractivity contribution in [2.75, 3.05) is 6.54 Å². The second kappa shape index (κ2) is 2.58. The maximum atomic E-state index is 10.8. The van der Waals surface area contributed by atoms with Crippen LogP contribution in [0, 0.1) is 6.92 Å². The molecule has 0 unspecified atom stereocenters. The maximum Gasteiger partial charge on any atom is 0.232 e. The number of carbonyl (C=O) groups is 1. The predicted octanol–water partition coefficient (Wildman–Crippen LogP) is -0.0185. The largest absolute Gasteiger partial charge is 0.355 e. The number of nitrogens with zero attached hydrogens (tertiary/aromatic N) is 2. The summed E-state index contributed by atoms with van der Waals surface area (Å²) < 4.78 is 4.94. The van der Waals surface area contributed by atoms with Gasteiger partial charge in [0.1, 0.15) is 0 Å². The summed E-state index contributed by atoms with van der Waals surface area (Å²) in [6.07, 6.45) is 0.460. The van der Waals surface area contributed by atoms with Crippen LogP contribution >= 0.6 is 0 Å². The molecule has 0 bridgehead atoms. The van der Waals surface area contributed by atoms with E-state index >= 15 is 0 Å². The molecular formula is C7H9N3O2. The number of rotatable bonds is 1. The van der Waals surface area contributed by atoms with Gasteiger partial charge in [-0.1, -0.05) is 5.16 Å². The summed E-state index contributed by atoms with van der Waals surface area (Å²) in [5.41, 5.74) is 0. The van der Waals surface area contributed by atoms with Gasteiger partial charge in [0, 0.05) is 13.0 Å². The van der Waals surface area contributed by atoms with Crippen molar-refractivity contribution in [2.24, 2.45) is 0 Å². The molecule has 0 aromatic carbocycles. The number of nitrogens with one attached hydrogen (secondary N) is 1. The van der Waals surface area contributed by atoms with Gasteiger partial charge in [-0.3, -0.25) is 4.79 Å². The topological polar surface area (TPSA) is 68.0 Å². The molecule has 1 saturated heterocycles. The van der Waals surface area contributed by atoms with E-state index in [9.17, 15) is 4.79 Å². The first-order valence-electron chi connectivity index (χ1n) is 3.82. The first kappa shape index (κ1) is 7.27. The molecule has 1 N–H and O–H groups in total. The van der Waals surface area contributed by atoms with E-state index < -0.39 is 0 Å². The standard InChI is InChI=1S/C7H9N3O2/c1-4-9-7(12-10-4)5-2-6(11)8-3-5/h5H,2-3H2,1H3,(H,8,11)/t5-/m1/s1. The Hall–Kier alpha value is -1.39. The Morgan fingerprint density at radius 2 is 2.50 bits per heavy atom. The summed E-state index contributed by atoms with van der Waals surface area (Å²) in [6.45, 7) is 2.37. The third-order valence-corrected chi connectivity index (χ3v) is 1.87. The number of hydrogen-bond acceptors (Lipinski definition) is 4. The molecule has 64 valence electrons. The molecule has 0 spiro atoms. The molecular weight excluding hydrogens is 158 g/mol. The molecule has 1 amide bonds. The maximum absolute atomic E-state index is 10.8. The Bertz CT molecular complexity index is 307. The summed E-state index contributed by atoms with van der Waals surface area (Å²) in [7, 11) is 0. The molecule has 0 saturated carbocycles. The molecule has 2 rings (SSSR count). The summed E-state index contributed by atoms with van der Waals surface area (Å²) in [6, 6.07) is 0. The van der Waals surface area contributed by atoms with Gasteiger partial charge < -0.3 is 9.84 Å². The minimum atomic E-state index is 0.0517. The highest BCUT2D eigenvalue weighted by molar-refractivity contribution is 5.79. The second-order valence-corrected chi connectivity index (χ2v) is 2.88. The smallest absolute Gasteiger partial charge is 0.232 e. The summed E-state index contributed by atoms with van der Waals surface area (Å²) in [5, 5.41) is 6.37. The highest BCUT2D eigenvalue weighted by Gasteiger charge is 2.27. The summed E-state index contributed by atoms with van der Waals surface area (Å²) in [5.74, 6) is 1.30. The molecule has 1 aliphatic heterocycles. The fraction of sp³-hybridized carbons (Fsp3) is 0.571. The van der Waals surface area contributed by atoms with Crippen molar-refractivity contribution in [1.29, 1.82) is 0 Å². The van der Waals surface area contributed by atoms with Crippen LogP contribution in [-0.2, 0) is 4.79 Å². The third-order valence-electron chi connectivity index (χ3n) is 1.87. The fourth-order valence-electron chi connectivity index (χ4n) is 1.26. The Morgan fingerprint density at radius 3 is 3.00 bits per heavy atom. The van der Waals surface area contributed by atoms with Crippen molar-refractivity contribution in [3.05, 3.63) is 11.7 Å². The Balaban J connectivity index is 2.15. The van der Waals surface area contributed by atoms with Gasteiger partial charge in [0.05, 0.1) is 5.92 Å². The van der Waals surface area contributed by atoms with E-state index in [1.165, 1.54) is 0 Å². The molecule has 2 heterocycles. The molecule has 5 nitrogen and oxygen atoms in total. The number of amides is 1. The van der Waals surface area contributed by atoms with Crippen LogP contribution in [0.25, 0.3) is 0 Å². The van der Waals surface area contributed by atoms with Crippen LogP contribution in [-0.4, -0.2) is 22.6 Å². The van der Waals surface area contributed by atoms with Gasteiger partial charge in [0.25, 0.3) is 0 Å². The van der Waals surface area contributed by atoms with E-state index in [0.29, 0.717) is 24.7 Å². The lowest BCUT2D eigenvalue weighted by molar-refractivity contribution is -0.119. The molecule has 0 aliphatic carbocycles. The van der Waals surface area contributed by atoms with Crippen molar-refractivity contribution >= 4 is 5.91 Å². The van der Waals surface area contributed by atoms with Crippen LogP contribution < -0.4 is 5.32 Å². The molecule has 1 atom stereocenters. The Labute approximate surface area is 69.1 Å². The van der Waals surface area contributed by atoms with Gasteiger partial charge >= 0.3 is 0 Å². The second-order valence-electron chi connectivity index (χ2n) is 2.88. The minimum Gasteiger partial charge on any atom is -0.355 e. The van der Waals surface area contributed by atoms with Crippen LogP contribution in [0.1, 0.15) is 24.1 Å². The van der Waals surface area contributed by atoms with E-state index in [0.717, 1.165) is 0 Å². The zero-order chi connectivity index (χ0) is 8.55. The van der Waals surface area contributed by atoms with Crippen LogP contribution in [0.15, 0.2) is 4.52 Å². The van der Waals surface area contributed by atoms with Crippen molar-refractivity contribution in [2.45, 2.75) is 19.3 Å². The van der Waals surface area contributed by atoms with Crippen molar-refractivity contribution < 1.29 is 9.32 Å². The van der Waals surface area contributed by atoms with Gasteiger partial charge in [-0.15, -0.1) is 0 Å². The molecule has 0 radical (unpaired) electrons. The average Bonchev–Trinajstić information content (AvgIpc) is 2.58. The average molecular weight is 167 g/mol. The fourth-order valence-corrected chi connectivity index (χ4v) is 1.26. The SMILES string of the molecule is Cc1noc([C@H]2CNC(=O)C2)n1. The summed E-state index contributed by atoms with van der Waals surface area (Å²) >= 11 is 0. The van der Waals surface area contributed by atoms with E-state index in [1.807, 2.05) is 0 Å². The van der Waals surface area contributed by atoms with Crippen LogP contribution in [0.2, 0.25) is 0 Å². The zero-order valence-corrected chi connectivity index (χ0v) is 6.70. The first-order chi connectivity index (χ1) is 5.75. The number of aromatic nitrogens is 2. The van der Waals surface area contributed by atoms with E-state index in [2.05, 4.69) is 15.5 Å². The molecule has 1 fully saturated rings. The molecule has 1 aromatic heterocycles. The van der Waals surface area contributed by atoms with Crippen molar-refractivity contribution in [3.63, 3.8) is 0 Å². The first-order valence-corrected chi connectivity index (χ1v) is 3.82. The van der Waals surface area contributed by atoms with Crippen molar-refractivity contribution in [1.82, 2.24) is 15.5 Å². The molecule has 1 aromatic rings. The number of carbonyl (C=O) groups excluding carboxylic acids is 1. The predicted molar refractivity (Wildman–Crippen MR) is 39.4 cm³/mol. The van der Waals surface area contributed by atoms with Gasteiger partial charge in [0.15, 0.2) is 5.82 Å².